The highest BCUT2D eigenvalue weighted by molar-refractivity contribution is 5.64. The molecule has 3 aliphatic heterocycles. The highest BCUT2D eigenvalue weighted by atomic mass is 19.4. The minimum atomic E-state index is -4.56. The third-order valence-corrected chi connectivity index (χ3v) is 9.07. The fourth-order valence-electron chi connectivity index (χ4n) is 6.56. The van der Waals surface area contributed by atoms with E-state index in [0.29, 0.717) is 43.1 Å². The van der Waals surface area contributed by atoms with E-state index in [1.165, 1.54) is 23.6 Å². The van der Waals surface area contributed by atoms with Gasteiger partial charge in [0, 0.05) is 44.1 Å². The van der Waals surface area contributed by atoms with Crippen LogP contribution in [0.15, 0.2) is 78.3 Å². The Morgan fingerprint density at radius 3 is 2.61 bits per heavy atom. The van der Waals surface area contributed by atoms with Gasteiger partial charge in [0.1, 0.15) is 23.6 Å². The fraction of sp³-hybridized carbons (Fsp3) is 0.484. The predicted octanol–water partition coefficient (Wildman–Crippen LogP) is 6.78. The average molecular weight is 569 g/mol. The van der Waals surface area contributed by atoms with Crippen molar-refractivity contribution in [3.8, 4) is 0 Å². The number of allylic oxidation sites excluding steroid dienone is 1. The molecule has 2 unspecified atom stereocenters. The number of fused-ring (bicyclic) bond motifs is 1. The van der Waals surface area contributed by atoms with Gasteiger partial charge in [-0.05, 0) is 73.9 Å². The van der Waals surface area contributed by atoms with Crippen LogP contribution in [0.4, 0.5) is 23.2 Å². The summed E-state index contributed by atoms with van der Waals surface area (Å²) in [6.07, 6.45) is 6.52. The standard InChI is InChI=1S/C31H36F4N6/c1-4-30(32)12-7-13-39(19-30)16-22-14-26(31(33,34)35)27-18-40(21(2)41(27)17-22)25-11-6-10-24(15-25)28(23-8-5-9-23)29-37-36-20-38(29)3/h6,10-11,14-15,17-18,20,23,28H,2,4-5,7-9,12-13,16,19H2,1,3H3. The van der Waals surface area contributed by atoms with Gasteiger partial charge in [-0.2, -0.15) is 13.2 Å². The van der Waals surface area contributed by atoms with Gasteiger partial charge in [-0.25, -0.2) is 4.39 Å². The molecule has 0 bridgehead atoms. The number of aryl methyl sites for hydroxylation is 1. The Morgan fingerprint density at radius 2 is 1.95 bits per heavy atom. The summed E-state index contributed by atoms with van der Waals surface area (Å²) < 4.78 is 60.1. The van der Waals surface area contributed by atoms with Crippen molar-refractivity contribution in [1.29, 1.82) is 0 Å². The van der Waals surface area contributed by atoms with Crippen LogP contribution in [0.3, 0.4) is 0 Å². The average Bonchev–Trinajstić information content (AvgIpc) is 3.48. The molecule has 1 aromatic carbocycles. The maximum atomic E-state index is 15.1. The van der Waals surface area contributed by atoms with Crippen LogP contribution in [0, 0.1) is 5.92 Å². The van der Waals surface area contributed by atoms with E-state index in [2.05, 4.69) is 22.8 Å². The second-order valence-electron chi connectivity index (χ2n) is 11.8. The number of nitrogens with zero attached hydrogens (tertiary/aromatic N) is 6. The molecule has 0 spiro atoms. The van der Waals surface area contributed by atoms with Crippen LogP contribution in [0.25, 0.3) is 0 Å². The highest BCUT2D eigenvalue weighted by Gasteiger charge is 2.44. The molecule has 6 rings (SSSR count). The maximum absolute atomic E-state index is 15.1. The van der Waals surface area contributed by atoms with Crippen LogP contribution in [-0.4, -0.2) is 56.0 Å². The molecule has 4 aliphatic rings. The van der Waals surface area contributed by atoms with Gasteiger partial charge in [-0.3, -0.25) is 4.90 Å². The first kappa shape index (κ1) is 27.8. The molecule has 2 fully saturated rings. The zero-order valence-electron chi connectivity index (χ0n) is 23.5. The number of rotatable bonds is 7. The smallest absolute Gasteiger partial charge is 0.320 e. The number of hydrogen-bond acceptors (Lipinski definition) is 5. The van der Waals surface area contributed by atoms with Gasteiger partial charge in [0.15, 0.2) is 0 Å². The Kier molecular flexibility index (Phi) is 7.08. The van der Waals surface area contributed by atoms with E-state index in [4.69, 9.17) is 0 Å². The molecule has 1 saturated carbocycles. The lowest BCUT2D eigenvalue weighted by atomic mass is 9.72. The second kappa shape index (κ2) is 10.5. The summed E-state index contributed by atoms with van der Waals surface area (Å²) in [6, 6.07) is 7.91. The molecule has 10 heteroatoms. The van der Waals surface area contributed by atoms with Gasteiger partial charge in [0.25, 0.3) is 0 Å². The number of benzene rings is 1. The topological polar surface area (TPSA) is 40.4 Å². The maximum Gasteiger partial charge on any atom is 0.418 e. The summed E-state index contributed by atoms with van der Waals surface area (Å²) in [7, 11) is 1.93. The van der Waals surface area contributed by atoms with E-state index in [0.717, 1.165) is 29.9 Å². The quantitative estimate of drug-likeness (QED) is 0.345. The van der Waals surface area contributed by atoms with Crippen LogP contribution in [0.1, 0.15) is 62.8 Å². The van der Waals surface area contributed by atoms with E-state index < -0.39 is 17.4 Å². The van der Waals surface area contributed by atoms with Crippen molar-refractivity contribution in [2.45, 2.75) is 63.2 Å². The zero-order chi connectivity index (χ0) is 28.9. The molecule has 41 heavy (non-hydrogen) atoms. The minimum Gasteiger partial charge on any atom is -0.320 e. The van der Waals surface area contributed by atoms with Crippen LogP contribution in [0.2, 0.25) is 0 Å². The molecule has 1 aliphatic carbocycles. The van der Waals surface area contributed by atoms with Gasteiger partial charge >= 0.3 is 6.18 Å². The first-order valence-corrected chi connectivity index (χ1v) is 14.4. The molecular weight excluding hydrogens is 532 g/mol. The number of halogens is 4. The van der Waals surface area contributed by atoms with E-state index >= 15 is 4.39 Å². The van der Waals surface area contributed by atoms with E-state index in [-0.39, 0.29) is 24.7 Å². The largest absolute Gasteiger partial charge is 0.418 e. The van der Waals surface area contributed by atoms with Gasteiger partial charge < -0.3 is 14.4 Å². The Labute approximate surface area is 238 Å². The molecule has 0 radical (unpaired) electrons. The van der Waals surface area contributed by atoms with Crippen molar-refractivity contribution in [2.24, 2.45) is 13.0 Å². The Balaban J connectivity index is 1.31. The molecule has 2 atom stereocenters. The normalized spacial score (nSPS) is 24.5. The number of aromatic nitrogens is 3. The third kappa shape index (κ3) is 5.22. The molecule has 0 N–H and O–H groups in total. The Morgan fingerprint density at radius 1 is 1.15 bits per heavy atom. The molecule has 4 heterocycles. The summed E-state index contributed by atoms with van der Waals surface area (Å²) in [6.45, 7) is 7.15. The molecule has 2 aromatic rings. The summed E-state index contributed by atoms with van der Waals surface area (Å²) in [5.41, 5.74) is 0.291. The third-order valence-electron chi connectivity index (χ3n) is 9.07. The SMILES string of the molecule is C=C1N2C=C(CN3CCCC(F)(CC)C3)C=C(C(F)(F)F)C2=CN1c1cccc(C(c2nncn2C)C2CCC2)c1. The highest BCUT2D eigenvalue weighted by Crippen LogP contribution is 2.46. The first-order chi connectivity index (χ1) is 19.6. The van der Waals surface area contributed by atoms with Crippen molar-refractivity contribution in [2.75, 3.05) is 24.5 Å². The number of piperidine rings is 1. The number of anilines is 1. The van der Waals surface area contributed by atoms with Gasteiger partial charge in [-0.1, -0.05) is 32.1 Å². The van der Waals surface area contributed by atoms with Crippen molar-refractivity contribution in [1.82, 2.24) is 24.6 Å². The summed E-state index contributed by atoms with van der Waals surface area (Å²) in [5, 5.41) is 8.49. The van der Waals surface area contributed by atoms with Gasteiger partial charge in [-0.15, -0.1) is 10.2 Å². The Hall–Kier alpha value is -3.40. The van der Waals surface area contributed by atoms with Gasteiger partial charge in [0.2, 0.25) is 0 Å². The number of hydrogen-bond donors (Lipinski definition) is 0. The van der Waals surface area contributed by atoms with Crippen molar-refractivity contribution >= 4 is 5.69 Å². The molecule has 218 valence electrons. The van der Waals surface area contributed by atoms with Crippen LogP contribution in [0.5, 0.6) is 0 Å². The number of likely N-dealkylation sites (tertiary alicyclic amines) is 1. The zero-order valence-corrected chi connectivity index (χ0v) is 23.5. The molecule has 1 saturated heterocycles. The summed E-state index contributed by atoms with van der Waals surface area (Å²) >= 11 is 0. The molecule has 0 amide bonds. The summed E-state index contributed by atoms with van der Waals surface area (Å²) in [4.78, 5) is 5.16. The van der Waals surface area contributed by atoms with Crippen LogP contribution >= 0.6 is 0 Å². The monoisotopic (exact) mass is 568 g/mol. The van der Waals surface area contributed by atoms with E-state index in [1.807, 2.05) is 41.6 Å². The van der Waals surface area contributed by atoms with Crippen molar-refractivity contribution in [3.63, 3.8) is 0 Å². The number of alkyl halides is 4. The molecule has 6 nitrogen and oxygen atoms in total. The minimum absolute atomic E-state index is 0.0348. The second-order valence-corrected chi connectivity index (χ2v) is 11.8. The van der Waals surface area contributed by atoms with Gasteiger partial charge in [0.05, 0.1) is 11.3 Å². The molecule has 1 aromatic heterocycles. The first-order valence-electron chi connectivity index (χ1n) is 14.4. The van der Waals surface area contributed by atoms with Crippen LogP contribution < -0.4 is 4.90 Å². The van der Waals surface area contributed by atoms with E-state index in [1.54, 1.807) is 17.4 Å². The van der Waals surface area contributed by atoms with Crippen LogP contribution in [-0.2, 0) is 7.05 Å². The van der Waals surface area contributed by atoms with Crippen molar-refractivity contribution < 1.29 is 17.6 Å². The lowest BCUT2D eigenvalue weighted by molar-refractivity contribution is -0.0909. The van der Waals surface area contributed by atoms with E-state index in [9.17, 15) is 13.2 Å². The molecular formula is C31H36F4N6. The van der Waals surface area contributed by atoms with Crippen molar-refractivity contribution in [3.05, 3.63) is 89.7 Å². The fourth-order valence-corrected chi connectivity index (χ4v) is 6.56. The lowest BCUT2D eigenvalue weighted by Crippen LogP contribution is -2.45. The lowest BCUT2D eigenvalue weighted by Gasteiger charge is -2.38. The summed E-state index contributed by atoms with van der Waals surface area (Å²) in [5.74, 6) is 1.79. The predicted molar refractivity (Wildman–Crippen MR) is 150 cm³/mol. The Bertz CT molecular complexity index is 1420.